The van der Waals surface area contributed by atoms with E-state index in [0.717, 1.165) is 10.6 Å². The molecule has 0 atom stereocenters. The molecule has 4 nitrogen and oxygen atoms in total. The highest BCUT2D eigenvalue weighted by atomic mass is 32.2. The van der Waals surface area contributed by atoms with Crippen LogP contribution in [0.4, 0.5) is 10.5 Å². The molecular weight excluding hydrogens is 248 g/mol. The Balaban J connectivity index is 1.94. The predicted molar refractivity (Wildman–Crippen MR) is 74.4 cm³/mol. The second-order valence-corrected chi connectivity index (χ2v) is 5.38. The number of nitrogens with zero attached hydrogens (tertiary/aromatic N) is 2. The lowest BCUT2D eigenvalue weighted by molar-refractivity contribution is 0.0593. The first kappa shape index (κ1) is 13.2. The van der Waals surface area contributed by atoms with Gasteiger partial charge in [-0.15, -0.1) is 0 Å². The summed E-state index contributed by atoms with van der Waals surface area (Å²) in [6.45, 7) is 2.68. The molecule has 0 saturated carbocycles. The Kier molecular flexibility index (Phi) is 4.49. The molecule has 1 aliphatic heterocycles. The number of carbonyl (C=O) groups excluding carboxylic acids is 1. The van der Waals surface area contributed by atoms with Crippen molar-refractivity contribution in [3.63, 3.8) is 0 Å². The Morgan fingerprint density at radius 1 is 1.22 bits per heavy atom. The molecule has 18 heavy (non-hydrogen) atoms. The first-order valence-electron chi connectivity index (χ1n) is 5.99. The lowest BCUT2D eigenvalue weighted by Crippen LogP contribution is -2.38. The molecule has 1 aliphatic rings. The molecule has 1 amide bonds. The predicted octanol–water partition coefficient (Wildman–Crippen LogP) is 2.30. The number of thioether (sulfide) groups is 1. The quantitative estimate of drug-likeness (QED) is 0.769. The van der Waals surface area contributed by atoms with Crippen LogP contribution < -0.4 is 4.90 Å². The first-order chi connectivity index (χ1) is 8.66. The van der Waals surface area contributed by atoms with Crippen LogP contribution in [-0.4, -0.2) is 50.5 Å². The van der Waals surface area contributed by atoms with Gasteiger partial charge in [-0.25, -0.2) is 0 Å². The number of hydrogen-bond acceptors (Lipinski definition) is 4. The van der Waals surface area contributed by atoms with Crippen LogP contribution in [0.15, 0.2) is 29.2 Å². The summed E-state index contributed by atoms with van der Waals surface area (Å²) in [5.74, 6) is 0. The standard InChI is InChI=1S/C13H18N2O2S/c1-14(2)11-3-5-12(6-4-11)18-13(16)15-7-9-17-10-8-15/h3-6H,7-10H2,1-2H3. The van der Waals surface area contributed by atoms with Gasteiger partial charge >= 0.3 is 0 Å². The minimum atomic E-state index is 0.107. The summed E-state index contributed by atoms with van der Waals surface area (Å²) in [4.78, 5) is 16.9. The van der Waals surface area contributed by atoms with Crippen molar-refractivity contribution >= 4 is 22.7 Å². The van der Waals surface area contributed by atoms with Gasteiger partial charge in [0.15, 0.2) is 0 Å². The molecule has 0 aliphatic carbocycles. The van der Waals surface area contributed by atoms with Gasteiger partial charge in [-0.1, -0.05) is 0 Å². The average Bonchev–Trinajstić information content (AvgIpc) is 2.40. The van der Waals surface area contributed by atoms with E-state index >= 15 is 0 Å². The zero-order chi connectivity index (χ0) is 13.0. The molecule has 0 N–H and O–H groups in total. The zero-order valence-electron chi connectivity index (χ0n) is 10.8. The van der Waals surface area contributed by atoms with Gasteiger partial charge in [0.05, 0.1) is 13.2 Å². The third kappa shape index (κ3) is 3.40. The number of rotatable bonds is 2. The molecule has 0 radical (unpaired) electrons. The lowest BCUT2D eigenvalue weighted by Gasteiger charge is -2.26. The molecular formula is C13H18N2O2S. The van der Waals surface area contributed by atoms with Crippen LogP contribution in [0.5, 0.6) is 0 Å². The number of ether oxygens (including phenoxy) is 1. The molecule has 98 valence electrons. The highest BCUT2D eigenvalue weighted by Gasteiger charge is 2.17. The Morgan fingerprint density at radius 3 is 2.39 bits per heavy atom. The second kappa shape index (κ2) is 6.11. The van der Waals surface area contributed by atoms with Gasteiger partial charge in [0.25, 0.3) is 5.24 Å². The third-order valence-corrected chi connectivity index (χ3v) is 3.77. The number of morpholine rings is 1. The monoisotopic (exact) mass is 266 g/mol. The Hall–Kier alpha value is -1.20. The average molecular weight is 266 g/mol. The second-order valence-electron chi connectivity index (χ2n) is 4.36. The van der Waals surface area contributed by atoms with Gasteiger partial charge in [-0.2, -0.15) is 0 Å². The van der Waals surface area contributed by atoms with Crippen LogP contribution in [0.2, 0.25) is 0 Å². The maximum atomic E-state index is 12.0. The molecule has 0 aromatic heterocycles. The lowest BCUT2D eigenvalue weighted by atomic mass is 10.3. The van der Waals surface area contributed by atoms with Gasteiger partial charge in [-0.05, 0) is 36.0 Å². The van der Waals surface area contributed by atoms with Gasteiger partial charge in [0.2, 0.25) is 0 Å². The molecule has 0 spiro atoms. The van der Waals surface area contributed by atoms with E-state index in [1.807, 2.05) is 48.2 Å². The van der Waals surface area contributed by atoms with Crippen molar-refractivity contribution in [3.8, 4) is 0 Å². The molecule has 1 heterocycles. The fourth-order valence-electron chi connectivity index (χ4n) is 1.72. The van der Waals surface area contributed by atoms with E-state index < -0.39 is 0 Å². The van der Waals surface area contributed by atoms with E-state index in [-0.39, 0.29) is 5.24 Å². The molecule has 1 aromatic carbocycles. The maximum absolute atomic E-state index is 12.0. The van der Waals surface area contributed by atoms with Crippen LogP contribution in [0.1, 0.15) is 0 Å². The summed E-state index contributed by atoms with van der Waals surface area (Å²) in [6.07, 6.45) is 0. The van der Waals surface area contributed by atoms with Crippen LogP contribution >= 0.6 is 11.8 Å². The summed E-state index contributed by atoms with van der Waals surface area (Å²) < 4.78 is 5.23. The third-order valence-electron chi connectivity index (χ3n) is 2.83. The number of carbonyl (C=O) groups is 1. The zero-order valence-corrected chi connectivity index (χ0v) is 11.6. The minimum Gasteiger partial charge on any atom is -0.378 e. The van der Waals surface area contributed by atoms with Gasteiger partial charge in [0.1, 0.15) is 0 Å². The smallest absolute Gasteiger partial charge is 0.286 e. The molecule has 1 saturated heterocycles. The summed E-state index contributed by atoms with van der Waals surface area (Å²) in [5.41, 5.74) is 1.14. The van der Waals surface area contributed by atoms with Crippen molar-refractivity contribution < 1.29 is 9.53 Å². The highest BCUT2D eigenvalue weighted by molar-refractivity contribution is 8.13. The molecule has 1 aromatic rings. The van der Waals surface area contributed by atoms with Gasteiger partial charge in [0, 0.05) is 37.8 Å². The van der Waals surface area contributed by atoms with Crippen molar-refractivity contribution in [1.29, 1.82) is 0 Å². The first-order valence-corrected chi connectivity index (χ1v) is 6.80. The fraction of sp³-hybridized carbons (Fsp3) is 0.462. The summed E-state index contributed by atoms with van der Waals surface area (Å²) in [5, 5.41) is 0.107. The number of benzene rings is 1. The minimum absolute atomic E-state index is 0.107. The van der Waals surface area contributed by atoms with E-state index in [4.69, 9.17) is 4.74 Å². The Morgan fingerprint density at radius 2 is 1.83 bits per heavy atom. The van der Waals surface area contributed by atoms with Crippen LogP contribution in [0, 0.1) is 0 Å². The van der Waals surface area contributed by atoms with Crippen molar-refractivity contribution in [3.05, 3.63) is 24.3 Å². The van der Waals surface area contributed by atoms with Gasteiger partial charge in [-0.3, -0.25) is 4.79 Å². The summed E-state index contributed by atoms with van der Waals surface area (Å²) in [7, 11) is 4.00. The van der Waals surface area contributed by atoms with Gasteiger partial charge < -0.3 is 14.5 Å². The molecule has 2 rings (SSSR count). The number of amides is 1. The van der Waals surface area contributed by atoms with E-state index in [2.05, 4.69) is 0 Å². The fourth-order valence-corrected chi connectivity index (χ4v) is 2.51. The van der Waals surface area contributed by atoms with E-state index in [9.17, 15) is 4.79 Å². The highest BCUT2D eigenvalue weighted by Crippen LogP contribution is 2.24. The molecule has 0 unspecified atom stereocenters. The molecule has 0 bridgehead atoms. The number of anilines is 1. The van der Waals surface area contributed by atoms with Crippen LogP contribution in [-0.2, 0) is 4.74 Å². The SMILES string of the molecule is CN(C)c1ccc(SC(=O)N2CCOCC2)cc1. The van der Waals surface area contributed by atoms with Crippen LogP contribution in [0.3, 0.4) is 0 Å². The molecule has 1 fully saturated rings. The molecule has 5 heteroatoms. The van der Waals surface area contributed by atoms with Crippen LogP contribution in [0.25, 0.3) is 0 Å². The summed E-state index contributed by atoms with van der Waals surface area (Å²) >= 11 is 1.28. The number of hydrogen-bond donors (Lipinski definition) is 0. The largest absolute Gasteiger partial charge is 0.378 e. The van der Waals surface area contributed by atoms with Crippen molar-refractivity contribution in [2.75, 3.05) is 45.3 Å². The maximum Gasteiger partial charge on any atom is 0.286 e. The van der Waals surface area contributed by atoms with E-state index in [1.165, 1.54) is 11.8 Å². The Labute approximate surface area is 112 Å². The van der Waals surface area contributed by atoms with Crippen molar-refractivity contribution in [2.24, 2.45) is 0 Å². The normalized spacial score (nSPS) is 15.6. The van der Waals surface area contributed by atoms with Crippen molar-refractivity contribution in [1.82, 2.24) is 4.90 Å². The van der Waals surface area contributed by atoms with Crippen molar-refractivity contribution in [2.45, 2.75) is 4.90 Å². The topological polar surface area (TPSA) is 32.8 Å². The van der Waals surface area contributed by atoms with E-state index in [1.54, 1.807) is 0 Å². The summed E-state index contributed by atoms with van der Waals surface area (Å²) in [6, 6.07) is 8.01. The Bertz CT molecular complexity index is 400. The van der Waals surface area contributed by atoms with E-state index in [0.29, 0.717) is 26.3 Å².